The van der Waals surface area contributed by atoms with Crippen molar-refractivity contribution >= 4 is 50.7 Å². The molecule has 0 spiro atoms. The van der Waals surface area contributed by atoms with Crippen LogP contribution in [0.4, 0.5) is 5.69 Å². The molecule has 2 aromatic rings. The molecule has 0 unspecified atom stereocenters. The molecule has 0 saturated heterocycles. The normalized spacial score (nSPS) is 13.5. The number of carbonyl (C=O) groups is 2. The highest BCUT2D eigenvalue weighted by atomic mass is 35.5. The van der Waals surface area contributed by atoms with Gasteiger partial charge in [0.2, 0.25) is 21.8 Å². The zero-order chi connectivity index (χ0) is 27.9. The molecular formula is C26H33Cl2N3O6S. The van der Waals surface area contributed by atoms with Crippen molar-refractivity contribution in [2.24, 2.45) is 0 Å². The predicted octanol–water partition coefficient (Wildman–Crippen LogP) is 4.25. The van der Waals surface area contributed by atoms with Gasteiger partial charge in [-0.2, -0.15) is 0 Å². The second kappa shape index (κ2) is 13.4. The Morgan fingerprint density at radius 1 is 1.08 bits per heavy atom. The number of anilines is 1. The van der Waals surface area contributed by atoms with E-state index in [1.807, 2.05) is 6.92 Å². The summed E-state index contributed by atoms with van der Waals surface area (Å²) in [5.74, 6) is 0.442. The largest absolute Gasteiger partial charge is 0.486 e. The zero-order valence-corrected chi connectivity index (χ0v) is 24.0. The minimum atomic E-state index is -3.64. The maximum Gasteiger partial charge on any atom is 0.242 e. The number of amides is 2. The van der Waals surface area contributed by atoms with Crippen molar-refractivity contribution in [3.05, 3.63) is 52.0 Å². The first-order chi connectivity index (χ1) is 18.0. The summed E-state index contributed by atoms with van der Waals surface area (Å²) in [6.07, 6.45) is 2.12. The quantitative estimate of drug-likeness (QED) is 0.399. The van der Waals surface area contributed by atoms with Gasteiger partial charge in [-0.25, -0.2) is 8.42 Å². The van der Waals surface area contributed by atoms with Crippen LogP contribution >= 0.6 is 23.2 Å². The van der Waals surface area contributed by atoms with Gasteiger partial charge < -0.3 is 19.7 Å². The van der Waals surface area contributed by atoms with Crippen molar-refractivity contribution in [2.75, 3.05) is 36.9 Å². The number of hydrogen-bond acceptors (Lipinski definition) is 6. The number of carbonyl (C=O) groups excluding carboxylic acids is 2. The number of rotatable bonds is 12. The molecule has 208 valence electrons. The van der Waals surface area contributed by atoms with Crippen molar-refractivity contribution in [3.8, 4) is 11.5 Å². The molecule has 2 aromatic carbocycles. The van der Waals surface area contributed by atoms with E-state index in [1.165, 1.54) is 9.21 Å². The second-order valence-electron chi connectivity index (χ2n) is 8.99. The molecule has 1 aliphatic rings. The number of nitrogens with zero attached hydrogens (tertiary/aromatic N) is 2. The molecule has 2 amide bonds. The summed E-state index contributed by atoms with van der Waals surface area (Å²) >= 11 is 12.4. The first-order valence-electron chi connectivity index (χ1n) is 12.4. The lowest BCUT2D eigenvalue weighted by Gasteiger charge is -2.30. The van der Waals surface area contributed by atoms with Crippen molar-refractivity contribution in [2.45, 2.75) is 45.7 Å². The maximum absolute atomic E-state index is 13.4. The SMILES string of the molecule is CCCNC(=O)[C@@H](C)N(Cc1ccc(Cl)cc1Cl)C(=O)CCCN(c1ccc2c(c1)OCCO2)S(C)(=O)=O. The lowest BCUT2D eigenvalue weighted by atomic mass is 10.1. The van der Waals surface area contributed by atoms with Gasteiger partial charge in [0.05, 0.1) is 11.9 Å². The standard InChI is InChI=1S/C26H33Cl2N3O6S/c1-4-11-29-26(33)18(2)30(17-19-7-8-20(27)15-22(19)28)25(32)6-5-12-31(38(3,34)35)21-9-10-23-24(16-21)37-14-13-36-23/h7-10,15-16,18H,4-6,11-14,17H2,1-3H3,(H,29,33)/t18-/m1/s1. The highest BCUT2D eigenvalue weighted by Gasteiger charge is 2.27. The summed E-state index contributed by atoms with van der Waals surface area (Å²) in [4.78, 5) is 27.6. The molecule has 38 heavy (non-hydrogen) atoms. The minimum Gasteiger partial charge on any atom is -0.486 e. The van der Waals surface area contributed by atoms with Crippen LogP contribution in [0.2, 0.25) is 10.0 Å². The number of benzene rings is 2. The Morgan fingerprint density at radius 3 is 2.45 bits per heavy atom. The van der Waals surface area contributed by atoms with Gasteiger partial charge in [0.15, 0.2) is 11.5 Å². The van der Waals surface area contributed by atoms with Gasteiger partial charge in [-0.3, -0.25) is 13.9 Å². The Bertz CT molecular complexity index is 1260. The van der Waals surface area contributed by atoms with Gasteiger partial charge in [-0.1, -0.05) is 36.2 Å². The van der Waals surface area contributed by atoms with E-state index in [4.69, 9.17) is 32.7 Å². The molecule has 1 atom stereocenters. The van der Waals surface area contributed by atoms with Crippen LogP contribution in [0.3, 0.4) is 0 Å². The number of sulfonamides is 1. The van der Waals surface area contributed by atoms with Gasteiger partial charge in [0.1, 0.15) is 19.3 Å². The van der Waals surface area contributed by atoms with Crippen molar-refractivity contribution in [1.29, 1.82) is 0 Å². The molecule has 1 heterocycles. The predicted molar refractivity (Wildman–Crippen MR) is 149 cm³/mol. The van der Waals surface area contributed by atoms with Crippen molar-refractivity contribution < 1.29 is 27.5 Å². The number of halogens is 2. The first-order valence-corrected chi connectivity index (χ1v) is 15.0. The minimum absolute atomic E-state index is 0.0210. The van der Waals surface area contributed by atoms with E-state index in [0.717, 1.165) is 12.7 Å². The number of hydrogen-bond donors (Lipinski definition) is 1. The maximum atomic E-state index is 13.4. The summed E-state index contributed by atoms with van der Waals surface area (Å²) in [6, 6.07) is 9.14. The molecule has 9 nitrogen and oxygen atoms in total. The third-order valence-corrected chi connectivity index (χ3v) is 7.82. The van der Waals surface area contributed by atoms with Gasteiger partial charge in [0, 0.05) is 42.2 Å². The van der Waals surface area contributed by atoms with E-state index < -0.39 is 16.1 Å². The van der Waals surface area contributed by atoms with Gasteiger partial charge in [-0.05, 0) is 49.6 Å². The van der Waals surface area contributed by atoms with E-state index >= 15 is 0 Å². The molecule has 0 bridgehead atoms. The van der Waals surface area contributed by atoms with Crippen molar-refractivity contribution in [1.82, 2.24) is 10.2 Å². The lowest BCUT2D eigenvalue weighted by molar-refractivity contribution is -0.140. The van der Waals surface area contributed by atoms with Crippen LogP contribution in [-0.2, 0) is 26.2 Å². The van der Waals surface area contributed by atoms with Gasteiger partial charge >= 0.3 is 0 Å². The Hall–Kier alpha value is -2.69. The Balaban J connectivity index is 1.75. The Kier molecular flexibility index (Phi) is 10.5. The second-order valence-corrected chi connectivity index (χ2v) is 11.7. The van der Waals surface area contributed by atoms with Gasteiger partial charge in [-0.15, -0.1) is 0 Å². The van der Waals surface area contributed by atoms with Crippen molar-refractivity contribution in [3.63, 3.8) is 0 Å². The van der Waals surface area contributed by atoms with Crippen LogP contribution in [0.5, 0.6) is 11.5 Å². The monoisotopic (exact) mass is 585 g/mol. The van der Waals surface area contributed by atoms with Crippen LogP contribution in [0.25, 0.3) is 0 Å². The highest BCUT2D eigenvalue weighted by molar-refractivity contribution is 7.92. The Morgan fingerprint density at radius 2 is 1.79 bits per heavy atom. The molecule has 1 N–H and O–H groups in total. The smallest absolute Gasteiger partial charge is 0.242 e. The first kappa shape index (κ1) is 29.9. The van der Waals surface area contributed by atoms with E-state index in [-0.39, 0.29) is 37.7 Å². The van der Waals surface area contributed by atoms with Crippen LogP contribution < -0.4 is 19.1 Å². The number of nitrogens with one attached hydrogen (secondary N) is 1. The van der Waals surface area contributed by atoms with E-state index in [2.05, 4.69) is 5.32 Å². The van der Waals surface area contributed by atoms with E-state index in [9.17, 15) is 18.0 Å². The fraction of sp³-hybridized carbons (Fsp3) is 0.462. The summed E-state index contributed by atoms with van der Waals surface area (Å²) in [7, 11) is -3.64. The van der Waals surface area contributed by atoms with Crippen LogP contribution in [-0.4, -0.2) is 63.7 Å². The van der Waals surface area contributed by atoms with Crippen LogP contribution in [0.15, 0.2) is 36.4 Å². The fourth-order valence-electron chi connectivity index (χ4n) is 4.00. The zero-order valence-electron chi connectivity index (χ0n) is 21.7. The molecule has 12 heteroatoms. The van der Waals surface area contributed by atoms with Gasteiger partial charge in [0.25, 0.3) is 0 Å². The fourth-order valence-corrected chi connectivity index (χ4v) is 5.43. The summed E-state index contributed by atoms with van der Waals surface area (Å²) in [6.45, 7) is 5.06. The number of ether oxygens (including phenoxy) is 2. The molecule has 0 fully saturated rings. The van der Waals surface area contributed by atoms with Crippen LogP contribution in [0, 0.1) is 0 Å². The lowest BCUT2D eigenvalue weighted by Crippen LogP contribution is -2.48. The third-order valence-electron chi connectivity index (χ3n) is 6.04. The summed E-state index contributed by atoms with van der Waals surface area (Å²) in [5, 5.41) is 3.67. The topological polar surface area (TPSA) is 105 Å². The molecule has 1 aliphatic heterocycles. The van der Waals surface area contributed by atoms with Crippen LogP contribution in [0.1, 0.15) is 38.7 Å². The molecule has 0 aliphatic carbocycles. The molecule has 0 radical (unpaired) electrons. The van der Waals surface area contributed by atoms with E-state index in [1.54, 1.807) is 43.3 Å². The Labute approximate surface area is 234 Å². The molecule has 0 aromatic heterocycles. The highest BCUT2D eigenvalue weighted by Crippen LogP contribution is 2.35. The molecule has 3 rings (SSSR count). The summed E-state index contributed by atoms with van der Waals surface area (Å²) < 4.78 is 37.5. The number of fused-ring (bicyclic) bond motifs is 1. The van der Waals surface area contributed by atoms with E-state index in [0.29, 0.717) is 52.6 Å². The third kappa shape index (κ3) is 7.91. The average Bonchev–Trinajstić information content (AvgIpc) is 2.87. The molecule has 0 saturated carbocycles. The summed E-state index contributed by atoms with van der Waals surface area (Å²) in [5.41, 5.74) is 1.06. The average molecular weight is 587 g/mol. The molecular weight excluding hydrogens is 553 g/mol.